The van der Waals surface area contributed by atoms with Crippen molar-refractivity contribution < 1.29 is 14.3 Å². The van der Waals surface area contributed by atoms with E-state index in [0.29, 0.717) is 18.8 Å². The van der Waals surface area contributed by atoms with Crippen molar-refractivity contribution in [2.45, 2.75) is 6.54 Å². The van der Waals surface area contributed by atoms with E-state index in [1.807, 2.05) is 16.8 Å². The van der Waals surface area contributed by atoms with Crippen LogP contribution in [-0.2, 0) is 16.0 Å². The van der Waals surface area contributed by atoms with Crippen LogP contribution in [0.4, 0.5) is 4.79 Å². The summed E-state index contributed by atoms with van der Waals surface area (Å²) in [5, 5.41) is 14.7. The smallest absolute Gasteiger partial charge is 0.407 e. The zero-order valence-electron chi connectivity index (χ0n) is 12.7. The highest BCUT2D eigenvalue weighted by Gasteiger charge is 2.11. The molecule has 0 aliphatic carbocycles. The van der Waals surface area contributed by atoms with Gasteiger partial charge in [-0.05, 0) is 11.4 Å². The number of amides is 1. The fourth-order valence-corrected chi connectivity index (χ4v) is 2.82. The first kappa shape index (κ1) is 15.9. The summed E-state index contributed by atoms with van der Waals surface area (Å²) in [5.74, 6) is 0. The van der Waals surface area contributed by atoms with Gasteiger partial charge in [0.15, 0.2) is 0 Å². The number of hydrogen-bond acceptors (Lipinski definition) is 7. The number of nitrogens with zero attached hydrogens (tertiary/aromatic N) is 4. The number of hydrogen-bond donors (Lipinski definition) is 1. The fraction of sp³-hybridized carbons (Fsp3) is 0.500. The molecule has 3 rings (SSSR count). The lowest BCUT2D eigenvalue weighted by Gasteiger charge is -2.26. The van der Waals surface area contributed by atoms with Gasteiger partial charge in [-0.3, -0.25) is 4.90 Å². The average molecular weight is 337 g/mol. The first-order valence-electron chi connectivity index (χ1n) is 7.46. The molecule has 9 heteroatoms. The second-order valence-corrected chi connectivity index (χ2v) is 5.86. The van der Waals surface area contributed by atoms with Crippen LogP contribution in [0.15, 0.2) is 23.0 Å². The predicted octanol–water partition coefficient (Wildman–Crippen LogP) is 0.887. The fourth-order valence-electron chi connectivity index (χ4n) is 2.20. The van der Waals surface area contributed by atoms with E-state index in [1.165, 1.54) is 0 Å². The SMILES string of the molecule is O=C(NCc1cn(-c2ccsc2)nn1)OCCN1CCOCC1. The van der Waals surface area contributed by atoms with E-state index >= 15 is 0 Å². The van der Waals surface area contributed by atoms with Crippen LogP contribution in [0, 0.1) is 0 Å². The minimum Gasteiger partial charge on any atom is -0.448 e. The number of aromatic nitrogens is 3. The molecule has 0 unspecified atom stereocenters. The minimum atomic E-state index is -0.441. The molecule has 0 aromatic carbocycles. The van der Waals surface area contributed by atoms with Crippen LogP contribution < -0.4 is 5.32 Å². The van der Waals surface area contributed by atoms with Crippen molar-refractivity contribution in [3.63, 3.8) is 0 Å². The molecule has 1 amide bonds. The van der Waals surface area contributed by atoms with Gasteiger partial charge in [-0.2, -0.15) is 11.3 Å². The Morgan fingerprint density at radius 1 is 1.43 bits per heavy atom. The predicted molar refractivity (Wildman–Crippen MR) is 84.7 cm³/mol. The van der Waals surface area contributed by atoms with Crippen molar-refractivity contribution in [3.05, 3.63) is 28.7 Å². The molecule has 0 atom stereocenters. The summed E-state index contributed by atoms with van der Waals surface area (Å²) >= 11 is 1.59. The molecule has 0 radical (unpaired) electrons. The molecule has 8 nitrogen and oxygen atoms in total. The Hall–Kier alpha value is -1.97. The molecule has 2 aromatic rings. The van der Waals surface area contributed by atoms with Crippen LogP contribution in [0.2, 0.25) is 0 Å². The Balaban J connectivity index is 1.35. The van der Waals surface area contributed by atoms with E-state index in [-0.39, 0.29) is 0 Å². The monoisotopic (exact) mass is 337 g/mol. The molecule has 1 saturated heterocycles. The highest BCUT2D eigenvalue weighted by molar-refractivity contribution is 7.08. The van der Waals surface area contributed by atoms with E-state index in [0.717, 1.165) is 38.5 Å². The normalized spacial score (nSPS) is 15.5. The minimum absolute atomic E-state index is 0.292. The summed E-state index contributed by atoms with van der Waals surface area (Å²) in [4.78, 5) is 13.9. The molecular formula is C14H19N5O3S. The maximum Gasteiger partial charge on any atom is 0.407 e. The van der Waals surface area contributed by atoms with Crippen LogP contribution in [0.1, 0.15) is 5.69 Å². The van der Waals surface area contributed by atoms with Crippen molar-refractivity contribution in [3.8, 4) is 5.69 Å². The van der Waals surface area contributed by atoms with Gasteiger partial charge < -0.3 is 14.8 Å². The van der Waals surface area contributed by atoms with Gasteiger partial charge in [0.2, 0.25) is 0 Å². The molecule has 1 aliphatic heterocycles. The van der Waals surface area contributed by atoms with Crippen molar-refractivity contribution in [2.75, 3.05) is 39.5 Å². The van der Waals surface area contributed by atoms with Crippen molar-refractivity contribution in [2.24, 2.45) is 0 Å². The molecule has 3 heterocycles. The van der Waals surface area contributed by atoms with Crippen LogP contribution in [0.25, 0.3) is 5.69 Å². The Bertz CT molecular complexity index is 610. The van der Waals surface area contributed by atoms with Gasteiger partial charge in [-0.25, -0.2) is 9.48 Å². The zero-order chi connectivity index (χ0) is 15.9. The van der Waals surface area contributed by atoms with E-state index in [1.54, 1.807) is 22.2 Å². The van der Waals surface area contributed by atoms with Gasteiger partial charge in [-0.15, -0.1) is 5.10 Å². The molecule has 2 aromatic heterocycles. The standard InChI is InChI=1S/C14H19N5O3S/c20-14(22-7-4-18-2-5-21-6-3-18)15-9-12-10-19(17-16-12)13-1-8-23-11-13/h1,8,10-11H,2-7,9H2,(H,15,20). The third kappa shape index (κ3) is 4.75. The van der Waals surface area contributed by atoms with E-state index < -0.39 is 6.09 Å². The third-order valence-corrected chi connectivity index (χ3v) is 4.14. The Morgan fingerprint density at radius 2 is 2.30 bits per heavy atom. The summed E-state index contributed by atoms with van der Waals surface area (Å²) in [5.41, 5.74) is 1.64. The third-order valence-electron chi connectivity index (χ3n) is 3.47. The van der Waals surface area contributed by atoms with Gasteiger partial charge >= 0.3 is 6.09 Å². The second kappa shape index (κ2) is 8.04. The maximum absolute atomic E-state index is 11.7. The molecule has 0 saturated carbocycles. The average Bonchev–Trinajstić information content (AvgIpc) is 3.25. The van der Waals surface area contributed by atoms with Crippen molar-refractivity contribution in [1.29, 1.82) is 0 Å². The summed E-state index contributed by atoms with van der Waals surface area (Å²) in [6.45, 7) is 4.64. The second-order valence-electron chi connectivity index (χ2n) is 5.08. The molecule has 124 valence electrons. The molecule has 1 fully saturated rings. The van der Waals surface area contributed by atoms with E-state index in [9.17, 15) is 4.79 Å². The number of morpholine rings is 1. The maximum atomic E-state index is 11.7. The van der Waals surface area contributed by atoms with Crippen LogP contribution in [0.3, 0.4) is 0 Å². The number of rotatable bonds is 6. The topological polar surface area (TPSA) is 81.5 Å². The number of carbonyl (C=O) groups excluding carboxylic acids is 1. The van der Waals surface area contributed by atoms with E-state index in [2.05, 4.69) is 20.5 Å². The molecule has 1 N–H and O–H groups in total. The van der Waals surface area contributed by atoms with Crippen LogP contribution >= 0.6 is 11.3 Å². The van der Waals surface area contributed by atoms with Gasteiger partial charge in [-0.1, -0.05) is 5.21 Å². The number of alkyl carbamates (subject to hydrolysis) is 1. The number of thiophene rings is 1. The van der Waals surface area contributed by atoms with Crippen LogP contribution in [-0.4, -0.2) is 65.4 Å². The molecule has 1 aliphatic rings. The lowest BCUT2D eigenvalue weighted by Crippen LogP contribution is -2.39. The van der Waals surface area contributed by atoms with Gasteiger partial charge in [0, 0.05) is 25.0 Å². The Morgan fingerprint density at radius 3 is 3.09 bits per heavy atom. The summed E-state index contributed by atoms with van der Waals surface area (Å²) in [6, 6.07) is 1.95. The number of carbonyl (C=O) groups is 1. The molecule has 23 heavy (non-hydrogen) atoms. The highest BCUT2D eigenvalue weighted by atomic mass is 32.1. The summed E-state index contributed by atoms with van der Waals surface area (Å²) in [7, 11) is 0. The largest absolute Gasteiger partial charge is 0.448 e. The first-order valence-corrected chi connectivity index (χ1v) is 8.40. The van der Waals surface area contributed by atoms with Gasteiger partial charge in [0.25, 0.3) is 0 Å². The summed E-state index contributed by atoms with van der Waals surface area (Å²) < 4.78 is 12.1. The van der Waals surface area contributed by atoms with Gasteiger partial charge in [0.1, 0.15) is 12.3 Å². The molecular weight excluding hydrogens is 318 g/mol. The van der Waals surface area contributed by atoms with E-state index in [4.69, 9.17) is 9.47 Å². The lowest BCUT2D eigenvalue weighted by atomic mass is 10.4. The molecule has 0 bridgehead atoms. The van der Waals surface area contributed by atoms with Crippen LogP contribution in [0.5, 0.6) is 0 Å². The first-order chi connectivity index (χ1) is 11.3. The van der Waals surface area contributed by atoms with Crippen molar-refractivity contribution >= 4 is 17.4 Å². The lowest BCUT2D eigenvalue weighted by molar-refractivity contribution is 0.0281. The highest BCUT2D eigenvalue weighted by Crippen LogP contribution is 2.10. The summed E-state index contributed by atoms with van der Waals surface area (Å²) in [6.07, 6.45) is 1.35. The Labute approximate surface area is 138 Å². The van der Waals surface area contributed by atoms with Gasteiger partial charge in [0.05, 0.1) is 31.6 Å². The number of nitrogens with one attached hydrogen (secondary N) is 1. The Kier molecular flexibility index (Phi) is 5.56. The number of ether oxygens (including phenoxy) is 2. The zero-order valence-corrected chi connectivity index (χ0v) is 13.5. The van der Waals surface area contributed by atoms with Crippen molar-refractivity contribution in [1.82, 2.24) is 25.2 Å². The molecule has 0 spiro atoms. The quantitative estimate of drug-likeness (QED) is 0.843.